The van der Waals surface area contributed by atoms with Gasteiger partial charge >= 0.3 is 5.97 Å². The minimum absolute atomic E-state index is 0.119. The Morgan fingerprint density at radius 2 is 2.24 bits per heavy atom. The lowest BCUT2D eigenvalue weighted by atomic mass is 10.2. The number of nitrogens with two attached hydrogens (primary N) is 1. The van der Waals surface area contributed by atoms with Gasteiger partial charge in [-0.25, -0.2) is 0 Å². The van der Waals surface area contributed by atoms with Gasteiger partial charge in [0.05, 0.1) is 19.4 Å². The number of hydrogen-bond acceptors (Lipinski definition) is 5. The highest BCUT2D eigenvalue weighted by Gasteiger charge is 2.04. The number of carbonyl (C=O) groups is 1. The summed E-state index contributed by atoms with van der Waals surface area (Å²) >= 11 is 0. The first-order valence-corrected chi connectivity index (χ1v) is 5.50. The van der Waals surface area contributed by atoms with Gasteiger partial charge in [-0.3, -0.25) is 4.79 Å². The van der Waals surface area contributed by atoms with Crippen LogP contribution in [0.5, 0.6) is 5.75 Å². The lowest BCUT2D eigenvalue weighted by Gasteiger charge is -2.11. The first-order chi connectivity index (χ1) is 8.17. The van der Waals surface area contributed by atoms with Gasteiger partial charge in [-0.1, -0.05) is 6.92 Å². The summed E-state index contributed by atoms with van der Waals surface area (Å²) in [6.07, 6.45) is 0.916. The molecule has 1 rings (SSSR count). The second kappa shape index (κ2) is 6.62. The number of carbonyl (C=O) groups excluding carboxylic acids is 1. The SMILES string of the molecule is CCCOc1cc(NCC(=O)OC)ccc1N. The summed E-state index contributed by atoms with van der Waals surface area (Å²) in [6.45, 7) is 2.76. The highest BCUT2D eigenvalue weighted by atomic mass is 16.5. The van der Waals surface area contributed by atoms with Crippen LogP contribution in [-0.4, -0.2) is 26.2 Å². The molecule has 1 aromatic rings. The Labute approximate surface area is 101 Å². The van der Waals surface area contributed by atoms with Crippen LogP contribution in [0.2, 0.25) is 0 Å². The number of rotatable bonds is 6. The fourth-order valence-corrected chi connectivity index (χ4v) is 1.23. The zero-order valence-electron chi connectivity index (χ0n) is 10.2. The molecule has 0 aliphatic heterocycles. The highest BCUT2D eigenvalue weighted by molar-refractivity contribution is 5.75. The molecule has 3 N–H and O–H groups in total. The zero-order chi connectivity index (χ0) is 12.7. The summed E-state index contributed by atoms with van der Waals surface area (Å²) in [5.41, 5.74) is 7.13. The molecule has 0 saturated carbocycles. The largest absolute Gasteiger partial charge is 0.491 e. The maximum atomic E-state index is 11.0. The van der Waals surface area contributed by atoms with Gasteiger partial charge in [-0.05, 0) is 18.6 Å². The van der Waals surface area contributed by atoms with E-state index in [9.17, 15) is 4.79 Å². The molecule has 0 bridgehead atoms. The summed E-state index contributed by atoms with van der Waals surface area (Å²) < 4.78 is 10.0. The van der Waals surface area contributed by atoms with Crippen LogP contribution in [-0.2, 0) is 9.53 Å². The van der Waals surface area contributed by atoms with E-state index in [1.54, 1.807) is 18.2 Å². The summed E-state index contributed by atoms with van der Waals surface area (Å²) in [6, 6.07) is 5.30. The molecular formula is C12H18N2O3. The average Bonchev–Trinajstić information content (AvgIpc) is 2.35. The predicted octanol–water partition coefficient (Wildman–Crippen LogP) is 1.64. The maximum Gasteiger partial charge on any atom is 0.325 e. The monoisotopic (exact) mass is 238 g/mol. The number of benzene rings is 1. The van der Waals surface area contributed by atoms with Crippen molar-refractivity contribution in [2.75, 3.05) is 31.3 Å². The molecule has 0 aliphatic carbocycles. The van der Waals surface area contributed by atoms with E-state index >= 15 is 0 Å². The van der Waals surface area contributed by atoms with Gasteiger partial charge in [-0.15, -0.1) is 0 Å². The van der Waals surface area contributed by atoms with Crippen molar-refractivity contribution >= 4 is 17.3 Å². The van der Waals surface area contributed by atoms with Crippen LogP contribution in [0.3, 0.4) is 0 Å². The molecular weight excluding hydrogens is 220 g/mol. The third-order valence-electron chi connectivity index (χ3n) is 2.14. The summed E-state index contributed by atoms with van der Waals surface area (Å²) in [4.78, 5) is 11.0. The van der Waals surface area contributed by atoms with Gasteiger partial charge in [-0.2, -0.15) is 0 Å². The maximum absolute atomic E-state index is 11.0. The highest BCUT2D eigenvalue weighted by Crippen LogP contribution is 2.25. The number of ether oxygens (including phenoxy) is 2. The fourth-order valence-electron chi connectivity index (χ4n) is 1.23. The van der Waals surface area contributed by atoms with Gasteiger partial charge in [0.15, 0.2) is 0 Å². The van der Waals surface area contributed by atoms with Gasteiger partial charge in [0, 0.05) is 11.8 Å². The lowest BCUT2D eigenvalue weighted by molar-refractivity contribution is -0.138. The molecule has 0 radical (unpaired) electrons. The molecule has 0 fully saturated rings. The normalized spacial score (nSPS) is 9.76. The number of methoxy groups -OCH3 is 1. The van der Waals surface area contributed by atoms with Crippen LogP contribution in [0, 0.1) is 0 Å². The average molecular weight is 238 g/mol. The molecule has 94 valence electrons. The number of nitrogen functional groups attached to an aromatic ring is 1. The van der Waals surface area contributed by atoms with Gasteiger partial charge < -0.3 is 20.5 Å². The molecule has 0 unspecified atom stereocenters. The molecule has 0 spiro atoms. The summed E-state index contributed by atoms with van der Waals surface area (Å²) in [5, 5.41) is 2.93. The van der Waals surface area contributed by atoms with Crippen molar-refractivity contribution in [1.82, 2.24) is 0 Å². The van der Waals surface area contributed by atoms with Crippen molar-refractivity contribution in [3.05, 3.63) is 18.2 Å². The minimum Gasteiger partial charge on any atom is -0.491 e. The van der Waals surface area contributed by atoms with Crippen LogP contribution in [0.1, 0.15) is 13.3 Å². The molecule has 0 atom stereocenters. The fraction of sp³-hybridized carbons (Fsp3) is 0.417. The Bertz CT molecular complexity index is 380. The second-order valence-electron chi connectivity index (χ2n) is 3.53. The Balaban J connectivity index is 2.64. The van der Waals surface area contributed by atoms with Crippen molar-refractivity contribution in [2.45, 2.75) is 13.3 Å². The van der Waals surface area contributed by atoms with Crippen molar-refractivity contribution in [3.63, 3.8) is 0 Å². The minimum atomic E-state index is -0.321. The zero-order valence-corrected chi connectivity index (χ0v) is 10.2. The van der Waals surface area contributed by atoms with Gasteiger partial charge in [0.25, 0.3) is 0 Å². The lowest BCUT2D eigenvalue weighted by Crippen LogP contribution is -2.15. The summed E-state index contributed by atoms with van der Waals surface area (Å²) in [7, 11) is 1.35. The van der Waals surface area contributed by atoms with Crippen molar-refractivity contribution in [1.29, 1.82) is 0 Å². The standard InChI is InChI=1S/C12H18N2O3/c1-3-6-17-11-7-9(4-5-10(11)13)14-8-12(15)16-2/h4-5,7,14H,3,6,8,13H2,1-2H3. The van der Waals surface area contributed by atoms with E-state index in [0.717, 1.165) is 12.1 Å². The van der Waals surface area contributed by atoms with E-state index in [0.29, 0.717) is 18.0 Å². The molecule has 1 aromatic carbocycles. The number of esters is 1. The Kier molecular flexibility index (Phi) is 5.13. The quantitative estimate of drug-likeness (QED) is 0.582. The topological polar surface area (TPSA) is 73.6 Å². The van der Waals surface area contributed by atoms with Gasteiger partial charge in [0.1, 0.15) is 12.3 Å². The van der Waals surface area contributed by atoms with Gasteiger partial charge in [0.2, 0.25) is 0 Å². The second-order valence-corrected chi connectivity index (χ2v) is 3.53. The molecule has 0 saturated heterocycles. The van der Waals surface area contributed by atoms with Crippen molar-refractivity contribution in [3.8, 4) is 5.75 Å². The van der Waals surface area contributed by atoms with E-state index in [4.69, 9.17) is 10.5 Å². The van der Waals surface area contributed by atoms with Crippen molar-refractivity contribution < 1.29 is 14.3 Å². The van der Waals surface area contributed by atoms with E-state index in [-0.39, 0.29) is 12.5 Å². The van der Waals surface area contributed by atoms with Crippen molar-refractivity contribution in [2.24, 2.45) is 0 Å². The molecule has 5 heteroatoms. The first-order valence-electron chi connectivity index (χ1n) is 5.50. The van der Waals surface area contributed by atoms with Crippen LogP contribution in [0.15, 0.2) is 18.2 Å². The predicted molar refractivity (Wildman–Crippen MR) is 67.1 cm³/mol. The molecule has 0 heterocycles. The van der Waals surface area contributed by atoms with Crippen LogP contribution in [0.25, 0.3) is 0 Å². The molecule has 0 amide bonds. The van der Waals surface area contributed by atoms with E-state index in [2.05, 4.69) is 10.1 Å². The number of hydrogen-bond donors (Lipinski definition) is 2. The summed E-state index contributed by atoms with van der Waals surface area (Å²) in [5.74, 6) is 0.305. The molecule has 5 nitrogen and oxygen atoms in total. The third-order valence-corrected chi connectivity index (χ3v) is 2.14. The van der Waals surface area contributed by atoms with E-state index in [1.807, 2.05) is 6.92 Å². The Morgan fingerprint density at radius 1 is 1.47 bits per heavy atom. The Hall–Kier alpha value is -1.91. The van der Waals surface area contributed by atoms with E-state index in [1.165, 1.54) is 7.11 Å². The third kappa shape index (κ3) is 4.22. The van der Waals surface area contributed by atoms with Crippen LogP contribution in [0.4, 0.5) is 11.4 Å². The van der Waals surface area contributed by atoms with Crippen LogP contribution < -0.4 is 15.8 Å². The number of anilines is 2. The number of nitrogens with one attached hydrogen (secondary N) is 1. The molecule has 17 heavy (non-hydrogen) atoms. The Morgan fingerprint density at radius 3 is 2.88 bits per heavy atom. The van der Waals surface area contributed by atoms with Crippen LogP contribution >= 0.6 is 0 Å². The smallest absolute Gasteiger partial charge is 0.325 e. The first kappa shape index (κ1) is 13.2. The molecule has 0 aliphatic rings. The molecule has 0 aromatic heterocycles. The van der Waals surface area contributed by atoms with E-state index < -0.39 is 0 Å².